The molecule has 0 fully saturated rings. The van der Waals surface area contributed by atoms with Crippen molar-refractivity contribution in [3.63, 3.8) is 0 Å². The van der Waals surface area contributed by atoms with Crippen LogP contribution in [0.15, 0.2) is 24.3 Å². The van der Waals surface area contributed by atoms with E-state index in [0.717, 1.165) is 64.2 Å². The van der Waals surface area contributed by atoms with Crippen LogP contribution in [0, 0.1) is 0 Å². The predicted molar refractivity (Wildman–Crippen MR) is 200 cm³/mol. The molecule has 0 bridgehead atoms. The molecular formula is C42H78O4. The molecule has 0 saturated heterocycles. The monoisotopic (exact) mass is 647 g/mol. The van der Waals surface area contributed by atoms with Crippen molar-refractivity contribution >= 4 is 11.9 Å². The highest BCUT2D eigenvalue weighted by Gasteiger charge is 2.11. The molecule has 0 aliphatic carbocycles. The fraction of sp³-hybridized carbons (Fsp3) is 0.857. The summed E-state index contributed by atoms with van der Waals surface area (Å²) in [5.74, 6) is -0.736. The fourth-order valence-electron chi connectivity index (χ4n) is 6.09. The molecule has 0 aromatic heterocycles. The van der Waals surface area contributed by atoms with Crippen LogP contribution in [0.1, 0.15) is 226 Å². The Labute approximate surface area is 287 Å². The molecule has 0 spiro atoms. The zero-order valence-electron chi connectivity index (χ0n) is 30.9. The number of carbonyl (C=O) groups excluding carboxylic acids is 1. The lowest BCUT2D eigenvalue weighted by Gasteiger charge is -2.15. The summed E-state index contributed by atoms with van der Waals surface area (Å²) in [6.07, 6.45) is 47.9. The molecule has 0 heterocycles. The average Bonchev–Trinajstić information content (AvgIpc) is 3.04. The van der Waals surface area contributed by atoms with Gasteiger partial charge in [-0.05, 0) is 70.3 Å². The van der Waals surface area contributed by atoms with E-state index in [0.29, 0.717) is 6.42 Å². The normalized spacial score (nSPS) is 12.4. The largest absolute Gasteiger partial charge is 0.481 e. The van der Waals surface area contributed by atoms with E-state index in [9.17, 15) is 9.59 Å². The van der Waals surface area contributed by atoms with Crippen molar-refractivity contribution in [1.29, 1.82) is 0 Å². The predicted octanol–water partition coefficient (Wildman–Crippen LogP) is 14.0. The van der Waals surface area contributed by atoms with Crippen molar-refractivity contribution in [3.8, 4) is 0 Å². The average molecular weight is 647 g/mol. The lowest BCUT2D eigenvalue weighted by atomic mass is 10.0. The van der Waals surface area contributed by atoms with E-state index in [1.54, 1.807) is 0 Å². The number of carbonyl (C=O) groups is 2. The first kappa shape index (κ1) is 44.4. The summed E-state index contributed by atoms with van der Waals surface area (Å²) < 4.78 is 5.92. The van der Waals surface area contributed by atoms with Crippen molar-refractivity contribution in [2.24, 2.45) is 0 Å². The van der Waals surface area contributed by atoms with E-state index in [2.05, 4.69) is 38.2 Å². The van der Waals surface area contributed by atoms with E-state index in [1.807, 2.05) is 0 Å². The first-order valence-electron chi connectivity index (χ1n) is 20.3. The number of hydrogen-bond donors (Lipinski definition) is 1. The van der Waals surface area contributed by atoms with Crippen molar-refractivity contribution < 1.29 is 19.4 Å². The van der Waals surface area contributed by atoms with Crippen LogP contribution in [-0.2, 0) is 14.3 Å². The molecule has 1 unspecified atom stereocenters. The third-order valence-electron chi connectivity index (χ3n) is 9.13. The highest BCUT2D eigenvalue weighted by molar-refractivity contribution is 5.69. The van der Waals surface area contributed by atoms with Gasteiger partial charge < -0.3 is 9.84 Å². The Hall–Kier alpha value is -1.58. The third-order valence-corrected chi connectivity index (χ3v) is 9.13. The molecule has 4 heteroatoms. The number of unbranched alkanes of at least 4 members (excludes halogenated alkanes) is 26. The number of rotatable bonds is 37. The Morgan fingerprint density at radius 2 is 0.848 bits per heavy atom. The minimum atomic E-state index is -0.698. The van der Waals surface area contributed by atoms with Gasteiger partial charge in [0, 0.05) is 12.8 Å². The molecule has 0 saturated carbocycles. The van der Waals surface area contributed by atoms with E-state index in [4.69, 9.17) is 9.84 Å². The van der Waals surface area contributed by atoms with E-state index in [1.165, 1.54) is 135 Å². The van der Waals surface area contributed by atoms with Crippen LogP contribution in [0.25, 0.3) is 0 Å². The van der Waals surface area contributed by atoms with E-state index < -0.39 is 5.97 Å². The molecule has 1 atom stereocenters. The lowest BCUT2D eigenvalue weighted by molar-refractivity contribution is -0.147. The van der Waals surface area contributed by atoms with Crippen molar-refractivity contribution in [2.45, 2.75) is 232 Å². The number of ether oxygens (including phenoxy) is 1. The molecule has 0 aromatic carbocycles. The number of esters is 1. The molecule has 0 amide bonds. The van der Waals surface area contributed by atoms with Gasteiger partial charge in [0.15, 0.2) is 0 Å². The highest BCUT2D eigenvalue weighted by Crippen LogP contribution is 2.16. The number of aliphatic carboxylic acids is 1. The van der Waals surface area contributed by atoms with Gasteiger partial charge >= 0.3 is 11.9 Å². The summed E-state index contributed by atoms with van der Waals surface area (Å²) in [6, 6.07) is 0. The Morgan fingerprint density at radius 1 is 0.478 bits per heavy atom. The maximum absolute atomic E-state index is 12.6. The summed E-state index contributed by atoms with van der Waals surface area (Å²) in [4.78, 5) is 23.3. The number of carboxylic acid groups (broad SMARTS) is 1. The van der Waals surface area contributed by atoms with Gasteiger partial charge in [-0.1, -0.05) is 167 Å². The molecular weight excluding hydrogens is 568 g/mol. The molecule has 0 aliphatic rings. The second kappa shape index (κ2) is 37.9. The van der Waals surface area contributed by atoms with Crippen molar-refractivity contribution in [3.05, 3.63) is 24.3 Å². The van der Waals surface area contributed by atoms with Gasteiger partial charge in [-0.2, -0.15) is 0 Å². The van der Waals surface area contributed by atoms with Crippen LogP contribution in [0.2, 0.25) is 0 Å². The van der Waals surface area contributed by atoms with Crippen LogP contribution in [0.5, 0.6) is 0 Å². The van der Waals surface area contributed by atoms with Gasteiger partial charge in [0.1, 0.15) is 6.10 Å². The molecule has 0 aromatic rings. The number of hydrogen-bond acceptors (Lipinski definition) is 3. The van der Waals surface area contributed by atoms with Crippen LogP contribution >= 0.6 is 0 Å². The third kappa shape index (κ3) is 36.9. The molecule has 1 N–H and O–H groups in total. The number of carboxylic acids is 1. The van der Waals surface area contributed by atoms with Crippen LogP contribution in [0.3, 0.4) is 0 Å². The molecule has 0 radical (unpaired) electrons. The van der Waals surface area contributed by atoms with Gasteiger partial charge in [0.05, 0.1) is 0 Å². The van der Waals surface area contributed by atoms with Crippen LogP contribution in [0.4, 0.5) is 0 Å². The van der Waals surface area contributed by atoms with E-state index in [-0.39, 0.29) is 18.5 Å². The van der Waals surface area contributed by atoms with Crippen LogP contribution in [-0.4, -0.2) is 23.1 Å². The molecule has 46 heavy (non-hydrogen) atoms. The molecule has 0 rings (SSSR count). The Balaban J connectivity index is 3.94. The van der Waals surface area contributed by atoms with E-state index >= 15 is 0 Å². The Morgan fingerprint density at radius 3 is 1.30 bits per heavy atom. The van der Waals surface area contributed by atoms with Crippen molar-refractivity contribution in [1.82, 2.24) is 0 Å². The molecule has 0 aliphatic heterocycles. The van der Waals surface area contributed by atoms with Gasteiger partial charge in [-0.15, -0.1) is 0 Å². The molecule has 270 valence electrons. The first-order chi connectivity index (χ1) is 22.6. The van der Waals surface area contributed by atoms with Gasteiger partial charge in [-0.3, -0.25) is 9.59 Å². The van der Waals surface area contributed by atoms with Crippen LogP contribution < -0.4 is 0 Å². The lowest BCUT2D eigenvalue weighted by Crippen LogP contribution is -2.16. The van der Waals surface area contributed by atoms with Gasteiger partial charge in [0.25, 0.3) is 0 Å². The summed E-state index contributed by atoms with van der Waals surface area (Å²) in [6.45, 7) is 4.53. The highest BCUT2D eigenvalue weighted by atomic mass is 16.5. The standard InChI is InChI=1S/C42H78O4/c1-3-5-7-9-11-13-14-15-16-17-18-19-20-21-22-23-25-31-35-39-42(45)46-40(36-32-28-24-12-10-8-6-4-2)37-33-29-26-27-30-34-38-41(43)44/h15-16,32,36,40H,3-14,17-31,33-35,37-39H2,1-2H3,(H,43,44)/b16-15-,36-32-. The van der Waals surface area contributed by atoms with Gasteiger partial charge in [0.2, 0.25) is 0 Å². The summed E-state index contributed by atoms with van der Waals surface area (Å²) in [7, 11) is 0. The zero-order chi connectivity index (χ0) is 33.6. The fourth-order valence-corrected chi connectivity index (χ4v) is 6.09. The van der Waals surface area contributed by atoms with Crippen molar-refractivity contribution in [2.75, 3.05) is 0 Å². The second-order valence-corrected chi connectivity index (χ2v) is 13.8. The molecule has 4 nitrogen and oxygen atoms in total. The minimum Gasteiger partial charge on any atom is -0.481 e. The summed E-state index contributed by atoms with van der Waals surface area (Å²) in [5.41, 5.74) is 0. The topological polar surface area (TPSA) is 63.6 Å². The number of allylic oxidation sites excluding steroid dienone is 3. The maximum Gasteiger partial charge on any atom is 0.306 e. The minimum absolute atomic E-state index is 0.0380. The second-order valence-electron chi connectivity index (χ2n) is 13.8. The van der Waals surface area contributed by atoms with Gasteiger partial charge in [-0.25, -0.2) is 0 Å². The Bertz CT molecular complexity index is 698. The Kier molecular flexibility index (Phi) is 36.6. The smallest absolute Gasteiger partial charge is 0.306 e. The quantitative estimate of drug-likeness (QED) is 0.0414. The SMILES string of the molecule is CCCCCCCC/C=C\CCCCCCCCCCCC(=O)OC(/C=C\CCCCCCCC)CCCCCCCCC(=O)O. The summed E-state index contributed by atoms with van der Waals surface area (Å²) in [5, 5.41) is 8.77. The summed E-state index contributed by atoms with van der Waals surface area (Å²) >= 11 is 0. The zero-order valence-corrected chi connectivity index (χ0v) is 30.9. The first-order valence-corrected chi connectivity index (χ1v) is 20.3. The maximum atomic E-state index is 12.6.